The Morgan fingerprint density at radius 3 is 2.13 bits per heavy atom. The van der Waals surface area contributed by atoms with Crippen molar-refractivity contribution < 1.29 is 19.1 Å². The van der Waals surface area contributed by atoms with Crippen LogP contribution in [0.4, 0.5) is 10.5 Å². The van der Waals surface area contributed by atoms with Gasteiger partial charge in [0.2, 0.25) is 5.91 Å². The van der Waals surface area contributed by atoms with Gasteiger partial charge in [-0.15, -0.1) is 0 Å². The average molecular weight is 558 g/mol. The molecular weight excluding hydrogens is 514 g/mol. The standard InChI is InChI=1S/C31H44ClN3O4/c1-19(2)13-14-23(6)35(26(36)18-33-30(38)39-31(7,8)9)28(24-16-20(3)15-21(4)17-24)29(37)34-27-22(5)11-10-12-25(27)32/h10-12,15-17,19,23,28H,13-14,18H2,1-9H3,(H,33,38)(H,34,37). The molecule has 2 atom stereocenters. The van der Waals surface area contributed by atoms with Crippen LogP contribution < -0.4 is 10.6 Å². The van der Waals surface area contributed by atoms with Crippen LogP contribution in [0.25, 0.3) is 0 Å². The number of nitrogens with zero attached hydrogens (tertiary/aromatic N) is 1. The van der Waals surface area contributed by atoms with Crippen LogP contribution in [0.2, 0.25) is 5.02 Å². The number of aryl methyl sites for hydroxylation is 3. The Labute approximate surface area is 238 Å². The Bertz CT molecular complexity index is 1130. The molecule has 0 heterocycles. The Hall–Kier alpha value is -3.06. The molecule has 0 aliphatic heterocycles. The number of rotatable bonds is 10. The molecule has 39 heavy (non-hydrogen) atoms. The third-order valence-corrected chi connectivity index (χ3v) is 6.58. The SMILES string of the molecule is Cc1cc(C)cc(C(C(=O)Nc2c(C)cccc2Cl)N(C(=O)CNC(=O)OC(C)(C)C)C(C)CCC(C)C)c1. The number of para-hydroxylation sites is 1. The summed E-state index contributed by atoms with van der Waals surface area (Å²) in [5.74, 6) is -0.339. The minimum Gasteiger partial charge on any atom is -0.444 e. The number of halogens is 1. The number of carbonyl (C=O) groups is 3. The zero-order valence-corrected chi connectivity index (χ0v) is 25.5. The van der Waals surface area contributed by atoms with Crippen molar-refractivity contribution in [2.75, 3.05) is 11.9 Å². The van der Waals surface area contributed by atoms with Crippen molar-refractivity contribution in [2.24, 2.45) is 5.92 Å². The molecule has 8 heteroatoms. The molecular formula is C31H44ClN3O4. The minimum absolute atomic E-state index is 0.288. The van der Waals surface area contributed by atoms with E-state index in [-0.39, 0.29) is 24.4 Å². The van der Waals surface area contributed by atoms with E-state index in [0.717, 1.165) is 23.1 Å². The second-order valence-electron chi connectivity index (χ2n) is 11.7. The van der Waals surface area contributed by atoms with Crippen molar-refractivity contribution in [1.82, 2.24) is 10.2 Å². The second-order valence-corrected chi connectivity index (χ2v) is 12.1. The summed E-state index contributed by atoms with van der Waals surface area (Å²) in [6.07, 6.45) is 0.870. The Kier molecular flexibility index (Phi) is 11.4. The molecule has 0 bridgehead atoms. The van der Waals surface area contributed by atoms with Gasteiger partial charge in [-0.05, 0) is 84.4 Å². The number of carbonyl (C=O) groups excluding carboxylic acids is 3. The van der Waals surface area contributed by atoms with Crippen LogP contribution in [-0.2, 0) is 14.3 Å². The lowest BCUT2D eigenvalue weighted by Gasteiger charge is -2.37. The van der Waals surface area contributed by atoms with E-state index in [1.165, 1.54) is 0 Å². The normalized spacial score (nSPS) is 13.0. The van der Waals surface area contributed by atoms with E-state index in [9.17, 15) is 14.4 Å². The number of ether oxygens (including phenoxy) is 1. The summed E-state index contributed by atoms with van der Waals surface area (Å²) in [6, 6.07) is 10.0. The Morgan fingerprint density at radius 2 is 1.59 bits per heavy atom. The summed E-state index contributed by atoms with van der Waals surface area (Å²) in [4.78, 5) is 41.8. The van der Waals surface area contributed by atoms with Crippen LogP contribution in [0.1, 0.15) is 82.7 Å². The lowest BCUT2D eigenvalue weighted by Crippen LogP contribution is -2.50. The first-order valence-corrected chi connectivity index (χ1v) is 13.9. The van der Waals surface area contributed by atoms with Crippen LogP contribution in [0.15, 0.2) is 36.4 Å². The number of anilines is 1. The molecule has 0 spiro atoms. The predicted molar refractivity (Wildman–Crippen MR) is 158 cm³/mol. The maximum atomic E-state index is 14.1. The van der Waals surface area contributed by atoms with Gasteiger partial charge in [0.05, 0.1) is 10.7 Å². The molecule has 0 saturated carbocycles. The lowest BCUT2D eigenvalue weighted by molar-refractivity contribution is -0.141. The van der Waals surface area contributed by atoms with Gasteiger partial charge >= 0.3 is 6.09 Å². The van der Waals surface area contributed by atoms with Crippen LogP contribution >= 0.6 is 11.6 Å². The quantitative estimate of drug-likeness (QED) is 0.325. The smallest absolute Gasteiger partial charge is 0.408 e. The molecule has 0 fully saturated rings. The topological polar surface area (TPSA) is 87.7 Å². The average Bonchev–Trinajstić information content (AvgIpc) is 2.79. The first-order chi connectivity index (χ1) is 18.1. The molecule has 214 valence electrons. The maximum absolute atomic E-state index is 14.1. The minimum atomic E-state index is -0.950. The molecule has 2 aromatic rings. The summed E-state index contributed by atoms with van der Waals surface area (Å²) in [6.45, 7) is 16.9. The first kappa shape index (κ1) is 32.2. The molecule has 0 saturated heterocycles. The van der Waals surface area contributed by atoms with Gasteiger partial charge in [0.1, 0.15) is 18.2 Å². The number of alkyl carbamates (subject to hydrolysis) is 1. The molecule has 7 nitrogen and oxygen atoms in total. The molecule has 0 aliphatic rings. The highest BCUT2D eigenvalue weighted by molar-refractivity contribution is 6.34. The molecule has 2 N–H and O–H groups in total. The van der Waals surface area contributed by atoms with E-state index < -0.39 is 17.7 Å². The highest BCUT2D eigenvalue weighted by Gasteiger charge is 2.35. The monoisotopic (exact) mass is 557 g/mol. The van der Waals surface area contributed by atoms with E-state index in [0.29, 0.717) is 28.6 Å². The highest BCUT2D eigenvalue weighted by atomic mass is 35.5. The number of amides is 3. The van der Waals surface area contributed by atoms with Crippen molar-refractivity contribution in [1.29, 1.82) is 0 Å². The summed E-state index contributed by atoms with van der Waals surface area (Å²) < 4.78 is 5.32. The number of hydrogen-bond donors (Lipinski definition) is 2. The summed E-state index contributed by atoms with van der Waals surface area (Å²) in [5, 5.41) is 5.98. The van der Waals surface area contributed by atoms with E-state index in [4.69, 9.17) is 16.3 Å². The van der Waals surface area contributed by atoms with Gasteiger partial charge in [-0.3, -0.25) is 9.59 Å². The predicted octanol–water partition coefficient (Wildman–Crippen LogP) is 7.12. The molecule has 3 amide bonds. The summed E-state index contributed by atoms with van der Waals surface area (Å²) >= 11 is 6.44. The van der Waals surface area contributed by atoms with Crippen molar-refractivity contribution in [2.45, 2.75) is 92.8 Å². The van der Waals surface area contributed by atoms with Crippen LogP contribution in [0, 0.1) is 26.7 Å². The third kappa shape index (κ3) is 9.88. The number of benzene rings is 2. The van der Waals surface area contributed by atoms with Gasteiger partial charge < -0.3 is 20.3 Å². The molecule has 2 unspecified atom stereocenters. The van der Waals surface area contributed by atoms with E-state index in [1.54, 1.807) is 31.7 Å². The van der Waals surface area contributed by atoms with Gasteiger partial charge in [0, 0.05) is 6.04 Å². The van der Waals surface area contributed by atoms with Crippen LogP contribution in [0.3, 0.4) is 0 Å². The van der Waals surface area contributed by atoms with Gasteiger partial charge in [0.15, 0.2) is 0 Å². The van der Waals surface area contributed by atoms with Crippen molar-refractivity contribution in [3.05, 3.63) is 63.7 Å². The zero-order valence-electron chi connectivity index (χ0n) is 24.8. The zero-order chi connectivity index (χ0) is 29.5. The fourth-order valence-electron chi connectivity index (χ4n) is 4.50. The molecule has 2 aromatic carbocycles. The van der Waals surface area contributed by atoms with Gasteiger partial charge in [0.25, 0.3) is 5.91 Å². The summed E-state index contributed by atoms with van der Waals surface area (Å²) in [5.41, 5.74) is 3.26. The lowest BCUT2D eigenvalue weighted by atomic mass is 9.95. The van der Waals surface area contributed by atoms with E-state index in [2.05, 4.69) is 24.5 Å². The Morgan fingerprint density at radius 1 is 0.974 bits per heavy atom. The van der Waals surface area contributed by atoms with Crippen molar-refractivity contribution in [3.8, 4) is 0 Å². The van der Waals surface area contributed by atoms with Crippen molar-refractivity contribution in [3.63, 3.8) is 0 Å². The van der Waals surface area contributed by atoms with Crippen LogP contribution in [-0.4, -0.2) is 41.0 Å². The molecule has 2 rings (SSSR count). The van der Waals surface area contributed by atoms with Crippen molar-refractivity contribution >= 4 is 35.2 Å². The first-order valence-electron chi connectivity index (χ1n) is 13.5. The second kappa shape index (κ2) is 13.8. The number of hydrogen-bond acceptors (Lipinski definition) is 4. The largest absolute Gasteiger partial charge is 0.444 e. The molecule has 0 aromatic heterocycles. The highest BCUT2D eigenvalue weighted by Crippen LogP contribution is 2.32. The fourth-order valence-corrected chi connectivity index (χ4v) is 4.77. The molecule has 0 radical (unpaired) electrons. The fraction of sp³-hybridized carbons (Fsp3) is 0.516. The van der Waals surface area contributed by atoms with Crippen LogP contribution in [0.5, 0.6) is 0 Å². The third-order valence-electron chi connectivity index (χ3n) is 6.26. The Balaban J connectivity index is 2.55. The number of nitrogens with one attached hydrogen (secondary N) is 2. The van der Waals surface area contributed by atoms with Gasteiger partial charge in [-0.2, -0.15) is 0 Å². The van der Waals surface area contributed by atoms with E-state index >= 15 is 0 Å². The maximum Gasteiger partial charge on any atom is 0.408 e. The summed E-state index contributed by atoms with van der Waals surface area (Å²) in [7, 11) is 0. The molecule has 0 aliphatic carbocycles. The van der Waals surface area contributed by atoms with E-state index in [1.807, 2.05) is 58.0 Å². The van der Waals surface area contributed by atoms with Gasteiger partial charge in [-0.1, -0.05) is 66.9 Å². The van der Waals surface area contributed by atoms with Gasteiger partial charge in [-0.25, -0.2) is 4.79 Å².